The number of furan rings is 1. The lowest BCUT2D eigenvalue weighted by Gasteiger charge is -2.17. The van der Waals surface area contributed by atoms with Crippen molar-refractivity contribution in [2.75, 3.05) is 0 Å². The molecule has 200 valence electrons. The predicted octanol–water partition coefficient (Wildman–Crippen LogP) is 12.0. The van der Waals surface area contributed by atoms with E-state index in [4.69, 9.17) is 4.42 Å². The van der Waals surface area contributed by atoms with E-state index in [2.05, 4.69) is 158 Å². The van der Waals surface area contributed by atoms with Crippen molar-refractivity contribution < 1.29 is 4.42 Å². The molecule has 0 aliphatic carbocycles. The van der Waals surface area contributed by atoms with E-state index in [1.807, 2.05) is 0 Å². The highest BCUT2D eigenvalue weighted by molar-refractivity contribution is 6.24. The molecule has 1 nitrogen and oxygen atoms in total. The molecular formula is C42H26O. The minimum Gasteiger partial charge on any atom is -0.455 e. The molecule has 0 bridgehead atoms. The SMILES string of the molecule is c1ccc(-c2c3ccccc3c(-c3ccc4c(c3)oc3c(-c5ccccc5)cc5ccccc5c34)c3ccccc23)cc1. The van der Waals surface area contributed by atoms with Crippen molar-refractivity contribution in [3.63, 3.8) is 0 Å². The molecule has 0 amide bonds. The first-order valence-corrected chi connectivity index (χ1v) is 14.8. The van der Waals surface area contributed by atoms with Crippen LogP contribution in [0.15, 0.2) is 162 Å². The van der Waals surface area contributed by atoms with Crippen LogP contribution in [-0.4, -0.2) is 0 Å². The summed E-state index contributed by atoms with van der Waals surface area (Å²) in [7, 11) is 0. The minimum atomic E-state index is 0.904. The van der Waals surface area contributed by atoms with Crippen LogP contribution in [0.5, 0.6) is 0 Å². The van der Waals surface area contributed by atoms with E-state index >= 15 is 0 Å². The summed E-state index contributed by atoms with van der Waals surface area (Å²) in [5.41, 5.74) is 9.02. The van der Waals surface area contributed by atoms with Gasteiger partial charge < -0.3 is 4.42 Å². The molecule has 0 spiro atoms. The van der Waals surface area contributed by atoms with Gasteiger partial charge in [-0.15, -0.1) is 0 Å². The number of hydrogen-bond donors (Lipinski definition) is 0. The van der Waals surface area contributed by atoms with E-state index in [9.17, 15) is 0 Å². The number of fused-ring (bicyclic) bond motifs is 7. The van der Waals surface area contributed by atoms with Gasteiger partial charge in [0.25, 0.3) is 0 Å². The highest BCUT2D eigenvalue weighted by atomic mass is 16.3. The largest absolute Gasteiger partial charge is 0.455 e. The molecule has 0 saturated carbocycles. The van der Waals surface area contributed by atoms with Crippen LogP contribution in [0.25, 0.3) is 87.6 Å². The predicted molar refractivity (Wildman–Crippen MR) is 183 cm³/mol. The van der Waals surface area contributed by atoms with Gasteiger partial charge in [-0.2, -0.15) is 0 Å². The van der Waals surface area contributed by atoms with Crippen LogP contribution in [0.2, 0.25) is 0 Å². The van der Waals surface area contributed by atoms with E-state index in [1.165, 1.54) is 54.4 Å². The molecule has 0 saturated heterocycles. The average molecular weight is 547 g/mol. The summed E-state index contributed by atoms with van der Waals surface area (Å²) in [5.74, 6) is 0. The summed E-state index contributed by atoms with van der Waals surface area (Å²) in [6, 6.07) is 56.6. The summed E-state index contributed by atoms with van der Waals surface area (Å²) < 4.78 is 6.83. The molecule has 1 aromatic heterocycles. The minimum absolute atomic E-state index is 0.904. The summed E-state index contributed by atoms with van der Waals surface area (Å²) in [5, 5.41) is 9.74. The number of hydrogen-bond acceptors (Lipinski definition) is 1. The Hall–Kier alpha value is -5.66. The Morgan fingerprint density at radius 2 is 0.860 bits per heavy atom. The first-order chi connectivity index (χ1) is 21.3. The quantitative estimate of drug-likeness (QED) is 0.201. The summed E-state index contributed by atoms with van der Waals surface area (Å²) in [6.45, 7) is 0. The van der Waals surface area contributed by atoms with Crippen molar-refractivity contribution in [3.05, 3.63) is 158 Å². The Kier molecular flexibility index (Phi) is 5.27. The van der Waals surface area contributed by atoms with Gasteiger partial charge in [-0.1, -0.05) is 140 Å². The molecule has 9 rings (SSSR count). The second kappa shape index (κ2) is 9.44. The second-order valence-corrected chi connectivity index (χ2v) is 11.2. The molecule has 8 aromatic carbocycles. The maximum Gasteiger partial charge on any atom is 0.143 e. The van der Waals surface area contributed by atoms with Gasteiger partial charge in [-0.3, -0.25) is 0 Å². The molecule has 0 fully saturated rings. The van der Waals surface area contributed by atoms with Crippen LogP contribution in [0, 0.1) is 0 Å². The van der Waals surface area contributed by atoms with Crippen molar-refractivity contribution in [2.45, 2.75) is 0 Å². The van der Waals surface area contributed by atoms with Crippen molar-refractivity contribution in [2.24, 2.45) is 0 Å². The van der Waals surface area contributed by atoms with Crippen LogP contribution in [0.4, 0.5) is 0 Å². The molecule has 0 aliphatic heterocycles. The zero-order valence-electron chi connectivity index (χ0n) is 23.4. The zero-order valence-corrected chi connectivity index (χ0v) is 23.4. The molecule has 43 heavy (non-hydrogen) atoms. The fourth-order valence-electron chi connectivity index (χ4n) is 6.97. The second-order valence-electron chi connectivity index (χ2n) is 11.2. The van der Waals surface area contributed by atoms with E-state index in [1.54, 1.807) is 0 Å². The van der Waals surface area contributed by atoms with Gasteiger partial charge in [0.1, 0.15) is 11.2 Å². The third-order valence-electron chi connectivity index (χ3n) is 8.83. The lowest BCUT2D eigenvalue weighted by atomic mass is 9.86. The third-order valence-corrected chi connectivity index (χ3v) is 8.83. The highest BCUT2D eigenvalue weighted by Crippen LogP contribution is 2.46. The van der Waals surface area contributed by atoms with Crippen LogP contribution in [0.3, 0.4) is 0 Å². The van der Waals surface area contributed by atoms with Crippen LogP contribution >= 0.6 is 0 Å². The lowest BCUT2D eigenvalue weighted by molar-refractivity contribution is 0.670. The maximum atomic E-state index is 6.83. The van der Waals surface area contributed by atoms with Gasteiger partial charge in [0.2, 0.25) is 0 Å². The Labute approximate surface area is 249 Å². The van der Waals surface area contributed by atoms with Crippen molar-refractivity contribution in [3.8, 4) is 33.4 Å². The van der Waals surface area contributed by atoms with Gasteiger partial charge in [0.15, 0.2) is 0 Å². The molecular weight excluding hydrogens is 520 g/mol. The standard InChI is InChI=1S/C42H26O/c1-3-13-27(14-4-1)37-25-29-17-7-8-18-31(29)41-36-24-23-30(26-38(36)43-42(37)41)40-34-21-11-9-19-32(34)39(28-15-5-2-6-16-28)33-20-10-12-22-35(33)40/h1-26H. The monoisotopic (exact) mass is 546 g/mol. The van der Waals surface area contributed by atoms with Crippen LogP contribution < -0.4 is 0 Å². The topological polar surface area (TPSA) is 13.1 Å². The molecule has 0 aliphatic rings. The lowest BCUT2D eigenvalue weighted by Crippen LogP contribution is -1.90. The summed E-state index contributed by atoms with van der Waals surface area (Å²) in [4.78, 5) is 0. The molecule has 0 unspecified atom stereocenters. The van der Waals surface area contributed by atoms with Crippen LogP contribution in [0.1, 0.15) is 0 Å². The fourth-order valence-corrected chi connectivity index (χ4v) is 6.97. The maximum absolute atomic E-state index is 6.83. The molecule has 0 radical (unpaired) electrons. The first-order valence-electron chi connectivity index (χ1n) is 14.8. The van der Waals surface area contributed by atoms with Crippen LogP contribution in [-0.2, 0) is 0 Å². The van der Waals surface area contributed by atoms with E-state index in [-0.39, 0.29) is 0 Å². The number of benzene rings is 8. The van der Waals surface area contributed by atoms with E-state index in [0.29, 0.717) is 0 Å². The third kappa shape index (κ3) is 3.65. The van der Waals surface area contributed by atoms with E-state index in [0.717, 1.165) is 33.2 Å². The normalized spacial score (nSPS) is 11.7. The van der Waals surface area contributed by atoms with Gasteiger partial charge in [0, 0.05) is 16.3 Å². The Balaban J connectivity index is 1.37. The van der Waals surface area contributed by atoms with Crippen molar-refractivity contribution in [1.82, 2.24) is 0 Å². The molecule has 1 heteroatoms. The van der Waals surface area contributed by atoms with Gasteiger partial charge in [-0.05, 0) is 78.3 Å². The Morgan fingerprint density at radius 1 is 0.349 bits per heavy atom. The Bertz CT molecular complexity index is 2430. The molecule has 0 atom stereocenters. The fraction of sp³-hybridized carbons (Fsp3) is 0. The first kappa shape index (κ1) is 24.0. The van der Waals surface area contributed by atoms with Gasteiger partial charge in [-0.25, -0.2) is 0 Å². The molecule has 1 heterocycles. The highest BCUT2D eigenvalue weighted by Gasteiger charge is 2.19. The van der Waals surface area contributed by atoms with Gasteiger partial charge >= 0.3 is 0 Å². The smallest absolute Gasteiger partial charge is 0.143 e. The van der Waals surface area contributed by atoms with Crippen molar-refractivity contribution in [1.29, 1.82) is 0 Å². The average Bonchev–Trinajstić information content (AvgIpc) is 3.47. The van der Waals surface area contributed by atoms with Crippen molar-refractivity contribution >= 4 is 54.3 Å². The number of rotatable bonds is 3. The molecule has 0 N–H and O–H groups in total. The summed E-state index contributed by atoms with van der Waals surface area (Å²) >= 11 is 0. The zero-order chi connectivity index (χ0) is 28.3. The Morgan fingerprint density at radius 3 is 1.49 bits per heavy atom. The summed E-state index contributed by atoms with van der Waals surface area (Å²) in [6.07, 6.45) is 0. The van der Waals surface area contributed by atoms with E-state index < -0.39 is 0 Å². The molecule has 9 aromatic rings. The van der Waals surface area contributed by atoms with Gasteiger partial charge in [0.05, 0.1) is 0 Å².